The van der Waals surface area contributed by atoms with E-state index in [0.29, 0.717) is 5.02 Å². The van der Waals surface area contributed by atoms with Gasteiger partial charge in [-0.15, -0.1) is 0 Å². The van der Waals surface area contributed by atoms with E-state index in [4.69, 9.17) is 23.2 Å². The van der Waals surface area contributed by atoms with E-state index in [-0.39, 0.29) is 23.2 Å². The number of halogens is 2. The number of anilines is 1. The predicted molar refractivity (Wildman–Crippen MR) is 138 cm³/mol. The average Bonchev–Trinajstić information content (AvgIpc) is 2.68. The maximum Gasteiger partial charge on any atom is 0.244 e. The van der Waals surface area contributed by atoms with Gasteiger partial charge in [-0.25, -0.2) is 8.42 Å². The Bertz CT molecular complexity index is 1160. The molecular formula is C24H31Cl2N3O4S. The van der Waals surface area contributed by atoms with Crippen LogP contribution in [-0.2, 0) is 26.2 Å². The second kappa shape index (κ2) is 11.0. The normalized spacial score (nSPS) is 12.7. The van der Waals surface area contributed by atoms with Crippen molar-refractivity contribution >= 4 is 50.7 Å². The third kappa shape index (κ3) is 7.89. The van der Waals surface area contributed by atoms with Crippen molar-refractivity contribution in [2.45, 2.75) is 52.7 Å². The van der Waals surface area contributed by atoms with Crippen LogP contribution in [0.4, 0.5) is 5.69 Å². The van der Waals surface area contributed by atoms with Crippen LogP contribution in [0.2, 0.25) is 10.0 Å². The number of sulfonamides is 1. The lowest BCUT2D eigenvalue weighted by atomic mass is 10.1. The van der Waals surface area contributed by atoms with Crippen molar-refractivity contribution in [2.75, 3.05) is 17.1 Å². The molecule has 10 heteroatoms. The molecule has 0 saturated heterocycles. The summed E-state index contributed by atoms with van der Waals surface area (Å²) in [7, 11) is -3.88. The summed E-state index contributed by atoms with van der Waals surface area (Å²) in [4.78, 5) is 27.8. The zero-order valence-corrected chi connectivity index (χ0v) is 22.6. The molecule has 2 aromatic carbocycles. The number of carbonyl (C=O) groups excluding carboxylic acids is 2. The number of hydrogen-bond donors (Lipinski definition) is 1. The monoisotopic (exact) mass is 527 g/mol. The summed E-state index contributed by atoms with van der Waals surface area (Å²) >= 11 is 12.2. The zero-order valence-electron chi connectivity index (χ0n) is 20.2. The Morgan fingerprint density at radius 3 is 2.26 bits per heavy atom. The van der Waals surface area contributed by atoms with Crippen molar-refractivity contribution in [3.05, 3.63) is 63.6 Å². The minimum Gasteiger partial charge on any atom is -0.350 e. The molecule has 0 aromatic heterocycles. The van der Waals surface area contributed by atoms with Crippen molar-refractivity contribution < 1.29 is 18.0 Å². The molecule has 0 aliphatic carbocycles. The van der Waals surface area contributed by atoms with Gasteiger partial charge in [-0.3, -0.25) is 13.9 Å². The summed E-state index contributed by atoms with van der Waals surface area (Å²) in [6.45, 7) is 8.69. The highest BCUT2D eigenvalue weighted by Crippen LogP contribution is 2.30. The smallest absolute Gasteiger partial charge is 0.244 e. The molecule has 1 N–H and O–H groups in total. The topological polar surface area (TPSA) is 86.8 Å². The highest BCUT2D eigenvalue weighted by Gasteiger charge is 2.32. The van der Waals surface area contributed by atoms with E-state index in [9.17, 15) is 18.0 Å². The fraction of sp³-hybridized carbons (Fsp3) is 0.417. The number of hydrogen-bond acceptors (Lipinski definition) is 4. The van der Waals surface area contributed by atoms with Gasteiger partial charge in [0, 0.05) is 17.1 Å². The maximum absolute atomic E-state index is 13.5. The second-order valence-electron chi connectivity index (χ2n) is 9.29. The molecule has 0 bridgehead atoms. The molecule has 186 valence electrons. The summed E-state index contributed by atoms with van der Waals surface area (Å²) in [5, 5.41) is 3.31. The molecule has 7 nitrogen and oxygen atoms in total. The SMILES string of the molecule is Cc1cccc(CN(C(=O)CN(c2ccc(Cl)cc2Cl)S(C)(=O)=O)[C@H](C)C(=O)NC(C)(C)C)c1. The average molecular weight is 529 g/mol. The first-order chi connectivity index (χ1) is 15.6. The van der Waals surface area contributed by atoms with Gasteiger partial charge in [0.05, 0.1) is 17.0 Å². The molecule has 0 unspecified atom stereocenters. The van der Waals surface area contributed by atoms with E-state index in [1.165, 1.54) is 23.1 Å². The van der Waals surface area contributed by atoms with Crippen molar-refractivity contribution in [3.63, 3.8) is 0 Å². The Morgan fingerprint density at radius 1 is 1.09 bits per heavy atom. The van der Waals surface area contributed by atoms with E-state index in [1.54, 1.807) is 6.92 Å². The molecule has 2 amide bonds. The summed E-state index contributed by atoms with van der Waals surface area (Å²) in [6, 6.07) is 11.1. The fourth-order valence-corrected chi connectivity index (χ4v) is 4.76. The zero-order chi connectivity index (χ0) is 25.8. The van der Waals surface area contributed by atoms with Gasteiger partial charge in [-0.05, 0) is 58.4 Å². The number of amides is 2. The van der Waals surface area contributed by atoms with Gasteiger partial charge in [-0.2, -0.15) is 0 Å². The van der Waals surface area contributed by atoms with Crippen LogP contribution in [0.1, 0.15) is 38.8 Å². The molecule has 0 spiro atoms. The highest BCUT2D eigenvalue weighted by atomic mass is 35.5. The third-order valence-electron chi connectivity index (χ3n) is 4.96. The van der Waals surface area contributed by atoms with Crippen LogP contribution in [-0.4, -0.2) is 49.5 Å². The molecular weight excluding hydrogens is 497 g/mol. The number of aryl methyl sites for hydroxylation is 1. The lowest BCUT2D eigenvalue weighted by molar-refractivity contribution is -0.140. The van der Waals surface area contributed by atoms with Crippen LogP contribution in [0.25, 0.3) is 0 Å². The van der Waals surface area contributed by atoms with Crippen molar-refractivity contribution in [2.24, 2.45) is 0 Å². The van der Waals surface area contributed by atoms with Gasteiger partial charge >= 0.3 is 0 Å². The number of benzene rings is 2. The number of carbonyl (C=O) groups is 2. The second-order valence-corrected chi connectivity index (χ2v) is 12.0. The maximum atomic E-state index is 13.5. The minimum absolute atomic E-state index is 0.0921. The van der Waals surface area contributed by atoms with Gasteiger partial charge in [0.2, 0.25) is 21.8 Å². The largest absolute Gasteiger partial charge is 0.350 e. The Kier molecular flexibility index (Phi) is 9.02. The van der Waals surface area contributed by atoms with Crippen LogP contribution in [0.5, 0.6) is 0 Å². The highest BCUT2D eigenvalue weighted by molar-refractivity contribution is 7.92. The standard InChI is InChI=1S/C24H31Cl2N3O4S/c1-16-8-7-9-18(12-16)14-28(17(2)23(31)27-24(3,4)5)22(30)15-29(34(6,32)33)21-11-10-19(25)13-20(21)26/h7-13,17H,14-15H2,1-6H3,(H,27,31)/t17-/m1/s1. The quantitative estimate of drug-likeness (QED) is 0.551. The van der Waals surface area contributed by atoms with Crippen molar-refractivity contribution in [3.8, 4) is 0 Å². The molecule has 0 aliphatic heterocycles. The van der Waals surface area contributed by atoms with Crippen molar-refractivity contribution in [1.29, 1.82) is 0 Å². The molecule has 0 saturated carbocycles. The first-order valence-corrected chi connectivity index (χ1v) is 13.3. The lowest BCUT2D eigenvalue weighted by Crippen LogP contribution is -2.54. The van der Waals surface area contributed by atoms with Crippen LogP contribution in [0, 0.1) is 6.92 Å². The molecule has 2 rings (SSSR count). The third-order valence-corrected chi connectivity index (χ3v) is 6.62. The van der Waals surface area contributed by atoms with Crippen LogP contribution < -0.4 is 9.62 Å². The Morgan fingerprint density at radius 2 is 1.74 bits per heavy atom. The summed E-state index contributed by atoms with van der Waals surface area (Å²) in [5.41, 5.74) is 1.45. The fourth-order valence-electron chi connectivity index (χ4n) is 3.34. The predicted octanol–water partition coefficient (Wildman–Crippen LogP) is 4.40. The molecule has 34 heavy (non-hydrogen) atoms. The summed E-state index contributed by atoms with van der Waals surface area (Å²) in [5.74, 6) is -0.890. The number of nitrogens with zero attached hydrogens (tertiary/aromatic N) is 2. The molecule has 2 aromatic rings. The van der Waals surface area contributed by atoms with E-state index < -0.39 is 34.1 Å². The summed E-state index contributed by atoms with van der Waals surface area (Å²) < 4.78 is 26.1. The van der Waals surface area contributed by atoms with E-state index in [0.717, 1.165) is 21.7 Å². The van der Waals surface area contributed by atoms with E-state index in [2.05, 4.69) is 5.32 Å². The first kappa shape index (κ1) is 28.0. The van der Waals surface area contributed by atoms with Gasteiger partial charge in [0.1, 0.15) is 12.6 Å². The molecule has 0 aliphatic rings. The number of rotatable bonds is 8. The van der Waals surface area contributed by atoms with E-state index >= 15 is 0 Å². The van der Waals surface area contributed by atoms with Gasteiger partial charge in [0.15, 0.2) is 0 Å². The molecule has 0 heterocycles. The van der Waals surface area contributed by atoms with Crippen molar-refractivity contribution in [1.82, 2.24) is 10.2 Å². The molecule has 1 atom stereocenters. The number of nitrogens with one attached hydrogen (secondary N) is 1. The Balaban J connectivity index is 2.44. The Hall–Kier alpha value is -2.29. The van der Waals surface area contributed by atoms with Crippen LogP contribution >= 0.6 is 23.2 Å². The minimum atomic E-state index is -3.88. The van der Waals surface area contributed by atoms with Gasteiger partial charge in [-0.1, -0.05) is 53.0 Å². The van der Waals surface area contributed by atoms with Gasteiger partial charge in [0.25, 0.3) is 0 Å². The first-order valence-electron chi connectivity index (χ1n) is 10.7. The lowest BCUT2D eigenvalue weighted by Gasteiger charge is -2.33. The van der Waals surface area contributed by atoms with Crippen LogP contribution in [0.15, 0.2) is 42.5 Å². The Labute approximate surface area is 212 Å². The van der Waals surface area contributed by atoms with Crippen LogP contribution in [0.3, 0.4) is 0 Å². The summed E-state index contributed by atoms with van der Waals surface area (Å²) in [6.07, 6.45) is 0.992. The van der Waals surface area contributed by atoms with Gasteiger partial charge < -0.3 is 10.2 Å². The van der Waals surface area contributed by atoms with E-state index in [1.807, 2.05) is 52.0 Å². The molecule has 0 fully saturated rings. The molecule has 0 radical (unpaired) electrons.